The molecule has 0 radical (unpaired) electrons. The van der Waals surface area contributed by atoms with Gasteiger partial charge in [0.15, 0.2) is 0 Å². The van der Waals surface area contributed by atoms with Gasteiger partial charge in [-0.1, -0.05) is 152 Å². The van der Waals surface area contributed by atoms with E-state index in [-0.39, 0.29) is 0 Å². The van der Waals surface area contributed by atoms with Crippen molar-refractivity contribution in [2.45, 2.75) is 249 Å². The van der Waals surface area contributed by atoms with E-state index in [1.165, 1.54) is 77.0 Å². The molecule has 1 atom stereocenters. The van der Waals surface area contributed by atoms with E-state index in [0.717, 1.165) is 70.6 Å². The Morgan fingerprint density at radius 2 is 0.467 bits per heavy atom. The Kier molecular flexibility index (Phi) is 70.4. The van der Waals surface area contributed by atoms with Gasteiger partial charge in [-0.2, -0.15) is 0 Å². The molecule has 360 valence electrons. The number of hydrogen-bond acceptors (Lipinski definition) is 7. The minimum atomic E-state index is -0.711. The molecule has 60 heavy (non-hydrogen) atoms. The molecule has 0 aromatic heterocycles. The van der Waals surface area contributed by atoms with Crippen LogP contribution in [0.15, 0.2) is 0 Å². The first-order valence-electron chi connectivity index (χ1n) is 22.8. The minimum Gasteiger partial charge on any atom is -0.481 e. The predicted octanol–water partition coefficient (Wildman–Crippen LogP) is 13.0. The fourth-order valence-corrected chi connectivity index (χ4v) is 4.97. The number of aliphatic carboxylic acids is 7. The third-order valence-corrected chi connectivity index (χ3v) is 8.43. The van der Waals surface area contributed by atoms with E-state index in [9.17, 15) is 38.7 Å². The molecule has 0 heterocycles. The molecular weight excluding hydrogens is 776 g/mol. The number of carbonyl (C=O) groups is 7. The largest absolute Gasteiger partial charge is 0.481 e. The Morgan fingerprint density at radius 3 is 0.600 bits per heavy atom. The zero-order chi connectivity index (χ0) is 48.0. The van der Waals surface area contributed by atoms with Crippen molar-refractivity contribution in [2.75, 3.05) is 0 Å². The summed E-state index contributed by atoms with van der Waals surface area (Å²) in [5, 5.41) is 57.2. The molecule has 0 saturated carbocycles. The quantitative estimate of drug-likeness (QED) is 0.0331. The summed E-state index contributed by atoms with van der Waals surface area (Å²) in [6, 6.07) is 0. The Labute approximate surface area is 364 Å². The zero-order valence-electron chi connectivity index (χ0n) is 39.5. The van der Waals surface area contributed by atoms with Crippen LogP contribution < -0.4 is 0 Å². The summed E-state index contributed by atoms with van der Waals surface area (Å²) in [6.07, 6.45) is 26.5. The van der Waals surface area contributed by atoms with E-state index >= 15 is 0 Å². The monoisotopic (exact) mass is 869 g/mol. The van der Waals surface area contributed by atoms with Crippen LogP contribution in [0.25, 0.3) is 0 Å². The van der Waals surface area contributed by atoms with Gasteiger partial charge in [0.25, 0.3) is 0 Å². The molecule has 0 fully saturated rings. The summed E-state index contributed by atoms with van der Waals surface area (Å²) in [6.45, 7) is 17.6. The molecule has 7 N–H and O–H groups in total. The van der Waals surface area contributed by atoms with Gasteiger partial charge >= 0.3 is 41.8 Å². The first-order chi connectivity index (χ1) is 28.2. The maximum Gasteiger partial charge on any atom is 0.309 e. The Hall–Kier alpha value is -3.71. The van der Waals surface area contributed by atoms with Crippen molar-refractivity contribution < 1.29 is 69.3 Å². The summed E-state index contributed by atoms with van der Waals surface area (Å²) in [5.41, 5.74) is -0.451. The van der Waals surface area contributed by atoms with Crippen molar-refractivity contribution in [1.82, 2.24) is 0 Å². The van der Waals surface area contributed by atoms with E-state index < -0.39 is 47.2 Å². The first-order valence-corrected chi connectivity index (χ1v) is 22.8. The van der Waals surface area contributed by atoms with Gasteiger partial charge in [-0.05, 0) is 57.8 Å². The highest BCUT2D eigenvalue weighted by atomic mass is 16.4. The average Bonchev–Trinajstić information content (AvgIpc) is 3.14. The molecule has 0 amide bonds. The molecule has 0 bridgehead atoms. The summed E-state index contributed by atoms with van der Waals surface area (Å²) in [7, 11) is 0. The van der Waals surface area contributed by atoms with Gasteiger partial charge in [0, 0.05) is 38.5 Å². The molecule has 1 unspecified atom stereocenters. The van der Waals surface area contributed by atoms with Crippen molar-refractivity contribution in [1.29, 1.82) is 0 Å². The van der Waals surface area contributed by atoms with Gasteiger partial charge in [0.2, 0.25) is 0 Å². The fourth-order valence-electron chi connectivity index (χ4n) is 4.97. The number of carboxylic acid groups (broad SMARTS) is 7. The summed E-state index contributed by atoms with van der Waals surface area (Å²) < 4.78 is 0. The summed E-state index contributed by atoms with van der Waals surface area (Å²) in [5.74, 6) is -4.82. The van der Waals surface area contributed by atoms with E-state index in [1.54, 1.807) is 0 Å². The van der Waals surface area contributed by atoms with Crippen LogP contribution in [-0.4, -0.2) is 77.5 Å². The van der Waals surface area contributed by atoms with E-state index in [4.69, 9.17) is 30.6 Å². The fraction of sp³-hybridized carbons (Fsp3) is 0.848. The second-order valence-electron chi connectivity index (χ2n) is 14.5. The lowest BCUT2D eigenvalue weighted by Gasteiger charge is -2.28. The van der Waals surface area contributed by atoms with Crippen molar-refractivity contribution >= 4 is 41.8 Å². The zero-order valence-corrected chi connectivity index (χ0v) is 39.5. The standard InChI is InChI=1S/C22H44O2.6C4H8O2/c1-4-7-9-11-12-13-14-15-16-18-20-22(6-3,21(23)24)19-17-10-8-5-2;6*1-2-3-4(5)6/h4-20H2,1-3H3,(H,23,24);6*2-3H2,1H3,(H,5,6). The lowest BCUT2D eigenvalue weighted by atomic mass is 9.76. The predicted molar refractivity (Wildman–Crippen MR) is 241 cm³/mol. The molecule has 0 spiro atoms. The van der Waals surface area contributed by atoms with Crippen LogP contribution in [0.1, 0.15) is 249 Å². The van der Waals surface area contributed by atoms with Gasteiger partial charge in [0.1, 0.15) is 0 Å². The first kappa shape index (κ1) is 70.8. The van der Waals surface area contributed by atoms with Crippen molar-refractivity contribution in [3.63, 3.8) is 0 Å². The summed E-state index contributed by atoms with van der Waals surface area (Å²) in [4.78, 5) is 69.4. The highest BCUT2D eigenvalue weighted by Gasteiger charge is 2.35. The molecule has 14 nitrogen and oxygen atoms in total. The molecule has 0 saturated heterocycles. The van der Waals surface area contributed by atoms with E-state index in [2.05, 4.69) is 20.8 Å². The second kappa shape index (κ2) is 59.6. The number of unbranched alkanes of at least 4 members (excludes halogenated alkanes) is 12. The van der Waals surface area contributed by atoms with Gasteiger partial charge in [-0.15, -0.1) is 0 Å². The third kappa shape index (κ3) is 82.3. The van der Waals surface area contributed by atoms with Gasteiger partial charge in [-0.25, -0.2) is 0 Å². The molecule has 0 aliphatic rings. The van der Waals surface area contributed by atoms with Gasteiger partial charge in [0.05, 0.1) is 5.41 Å². The smallest absolute Gasteiger partial charge is 0.309 e. The van der Waals surface area contributed by atoms with E-state index in [1.807, 2.05) is 41.5 Å². The Balaban J connectivity index is -0.000000127. The maximum atomic E-state index is 11.8. The van der Waals surface area contributed by atoms with Crippen molar-refractivity contribution in [3.8, 4) is 0 Å². The van der Waals surface area contributed by atoms with Crippen LogP contribution in [0.3, 0.4) is 0 Å². The number of carboxylic acids is 7. The van der Waals surface area contributed by atoms with Gasteiger partial charge < -0.3 is 35.7 Å². The molecule has 0 aromatic carbocycles. The third-order valence-electron chi connectivity index (χ3n) is 8.43. The minimum absolute atomic E-state index is 0.292. The van der Waals surface area contributed by atoms with Crippen LogP contribution in [0.2, 0.25) is 0 Å². The van der Waals surface area contributed by atoms with Gasteiger partial charge in [-0.3, -0.25) is 33.6 Å². The average molecular weight is 869 g/mol. The maximum absolute atomic E-state index is 11.8. The second-order valence-corrected chi connectivity index (χ2v) is 14.5. The molecule has 14 heteroatoms. The van der Waals surface area contributed by atoms with Crippen LogP contribution >= 0.6 is 0 Å². The normalized spacial score (nSPS) is 10.4. The topological polar surface area (TPSA) is 261 Å². The van der Waals surface area contributed by atoms with E-state index in [0.29, 0.717) is 38.5 Å². The van der Waals surface area contributed by atoms with Crippen LogP contribution in [0.5, 0.6) is 0 Å². The Morgan fingerprint density at radius 1 is 0.283 bits per heavy atom. The molecule has 0 aliphatic heterocycles. The molecular formula is C46H92O14. The molecule has 0 aromatic rings. The van der Waals surface area contributed by atoms with Crippen LogP contribution in [0, 0.1) is 5.41 Å². The van der Waals surface area contributed by atoms with Crippen LogP contribution in [0.4, 0.5) is 0 Å². The number of rotatable bonds is 30. The highest BCUT2D eigenvalue weighted by Crippen LogP contribution is 2.35. The molecule has 0 aliphatic carbocycles. The SMILES string of the molecule is CCCC(=O)O.CCCC(=O)O.CCCC(=O)O.CCCC(=O)O.CCCC(=O)O.CCCC(=O)O.CCCCCCCCCCCCC(CC)(CCCCCC)C(=O)O. The van der Waals surface area contributed by atoms with Crippen LogP contribution in [-0.2, 0) is 33.6 Å². The summed E-state index contributed by atoms with van der Waals surface area (Å²) >= 11 is 0. The highest BCUT2D eigenvalue weighted by molar-refractivity contribution is 5.74. The van der Waals surface area contributed by atoms with Crippen molar-refractivity contribution in [2.24, 2.45) is 5.41 Å². The Bertz CT molecular complexity index is 860. The van der Waals surface area contributed by atoms with Crippen molar-refractivity contribution in [3.05, 3.63) is 0 Å². The lowest BCUT2D eigenvalue weighted by Crippen LogP contribution is -2.30. The lowest BCUT2D eigenvalue weighted by molar-refractivity contribution is -0.150. The number of hydrogen-bond donors (Lipinski definition) is 7. The molecule has 0 rings (SSSR count).